The Labute approximate surface area is 163 Å². The van der Waals surface area contributed by atoms with Crippen LogP contribution < -0.4 is 0 Å². The minimum Gasteiger partial charge on any atom is -0.466 e. The van der Waals surface area contributed by atoms with Crippen LogP contribution in [0.2, 0.25) is 0 Å². The van der Waals surface area contributed by atoms with Crippen LogP contribution in [0.5, 0.6) is 0 Å². The molecule has 0 amide bonds. The van der Waals surface area contributed by atoms with Gasteiger partial charge >= 0.3 is 5.97 Å². The fourth-order valence-corrected chi connectivity index (χ4v) is 2.31. The van der Waals surface area contributed by atoms with Crippen LogP contribution in [0.15, 0.2) is 48.6 Å². The zero-order valence-corrected chi connectivity index (χ0v) is 16.7. The van der Waals surface area contributed by atoms with Crippen LogP contribution in [0.25, 0.3) is 0 Å². The SMILES string of the molecule is CCCCCC(O)/C=C/C=C\C=C\C=C\C(O)C(O)CCCC(=O)OCC. The number of carbonyl (C=O) groups excluding carboxylic acids is 1. The number of hydrogen-bond donors (Lipinski definition) is 3. The topological polar surface area (TPSA) is 87.0 Å². The molecule has 3 N–H and O–H groups in total. The minimum atomic E-state index is -0.973. The third kappa shape index (κ3) is 16.2. The molecule has 5 heteroatoms. The standard InChI is InChI=1S/C22H36O5/c1-3-5-10-14-19(23)15-11-8-6-7-9-12-16-20(24)21(25)17-13-18-22(26)27-4-2/h6-9,11-12,15-16,19-21,23-25H,3-5,10,13-14,17-18H2,1-2H3/b8-6-,9-7+,15-11+,16-12+. The molecule has 0 saturated heterocycles. The van der Waals surface area contributed by atoms with Gasteiger partial charge < -0.3 is 20.1 Å². The van der Waals surface area contributed by atoms with Crippen molar-refractivity contribution in [1.29, 1.82) is 0 Å². The summed E-state index contributed by atoms with van der Waals surface area (Å²) in [6, 6.07) is 0. The van der Waals surface area contributed by atoms with Crippen molar-refractivity contribution < 1.29 is 24.9 Å². The largest absolute Gasteiger partial charge is 0.466 e. The summed E-state index contributed by atoms with van der Waals surface area (Å²) in [5.41, 5.74) is 0. The molecule has 0 aliphatic rings. The molecule has 0 aromatic heterocycles. The Bertz CT molecular complexity index is 479. The first kappa shape index (κ1) is 25.3. The van der Waals surface area contributed by atoms with Gasteiger partial charge in [-0.1, -0.05) is 74.8 Å². The van der Waals surface area contributed by atoms with Gasteiger partial charge in [0.2, 0.25) is 0 Å². The molecule has 27 heavy (non-hydrogen) atoms. The van der Waals surface area contributed by atoms with Gasteiger partial charge in [-0.25, -0.2) is 0 Å². The molecule has 154 valence electrons. The Morgan fingerprint density at radius 1 is 0.852 bits per heavy atom. The molecule has 0 radical (unpaired) electrons. The summed E-state index contributed by atoms with van der Waals surface area (Å²) in [5.74, 6) is -0.285. The molecule has 0 fully saturated rings. The molecule has 0 rings (SSSR count). The summed E-state index contributed by atoms with van der Waals surface area (Å²) < 4.78 is 4.81. The number of ether oxygens (including phenoxy) is 1. The molecule has 5 nitrogen and oxygen atoms in total. The van der Waals surface area contributed by atoms with Crippen molar-refractivity contribution in [2.24, 2.45) is 0 Å². The first-order valence-electron chi connectivity index (χ1n) is 9.89. The van der Waals surface area contributed by atoms with E-state index >= 15 is 0 Å². The second kappa shape index (κ2) is 17.7. The molecular weight excluding hydrogens is 344 g/mol. The van der Waals surface area contributed by atoms with E-state index < -0.39 is 18.3 Å². The van der Waals surface area contributed by atoms with Crippen LogP contribution in [0.4, 0.5) is 0 Å². The zero-order chi connectivity index (χ0) is 20.3. The third-order valence-corrected chi connectivity index (χ3v) is 3.88. The Morgan fingerprint density at radius 2 is 1.48 bits per heavy atom. The summed E-state index contributed by atoms with van der Waals surface area (Å²) in [4.78, 5) is 11.2. The molecular formula is C22H36O5. The second-order valence-electron chi connectivity index (χ2n) is 6.36. The van der Waals surface area contributed by atoms with Crippen LogP contribution in [0.1, 0.15) is 58.8 Å². The van der Waals surface area contributed by atoms with E-state index in [0.717, 1.165) is 25.7 Å². The predicted octanol–water partition coefficient (Wildman–Crippen LogP) is 3.61. The molecule has 0 saturated carbocycles. The summed E-state index contributed by atoms with van der Waals surface area (Å²) in [5, 5.41) is 29.4. The maximum Gasteiger partial charge on any atom is 0.305 e. The van der Waals surface area contributed by atoms with Crippen molar-refractivity contribution in [1.82, 2.24) is 0 Å². The number of aliphatic hydroxyl groups is 3. The fourth-order valence-electron chi connectivity index (χ4n) is 2.31. The quantitative estimate of drug-likeness (QED) is 0.229. The highest BCUT2D eigenvalue weighted by atomic mass is 16.5. The monoisotopic (exact) mass is 380 g/mol. The van der Waals surface area contributed by atoms with Gasteiger partial charge in [-0.15, -0.1) is 0 Å². The average molecular weight is 381 g/mol. The van der Waals surface area contributed by atoms with E-state index in [0.29, 0.717) is 19.4 Å². The van der Waals surface area contributed by atoms with E-state index in [9.17, 15) is 20.1 Å². The van der Waals surface area contributed by atoms with E-state index in [1.165, 1.54) is 6.08 Å². The van der Waals surface area contributed by atoms with Crippen LogP contribution in [0, 0.1) is 0 Å². The van der Waals surface area contributed by atoms with Crippen molar-refractivity contribution in [2.45, 2.75) is 77.1 Å². The highest BCUT2D eigenvalue weighted by Gasteiger charge is 2.13. The third-order valence-electron chi connectivity index (χ3n) is 3.88. The molecule has 0 heterocycles. The minimum absolute atomic E-state index is 0.243. The molecule has 3 atom stereocenters. The summed E-state index contributed by atoms with van der Waals surface area (Å²) in [6.07, 6.45) is 16.8. The lowest BCUT2D eigenvalue weighted by Crippen LogP contribution is -2.23. The molecule has 0 bridgehead atoms. The smallest absolute Gasteiger partial charge is 0.305 e. The zero-order valence-electron chi connectivity index (χ0n) is 16.7. The molecule has 0 aliphatic carbocycles. The van der Waals surface area contributed by atoms with Crippen LogP contribution in [-0.4, -0.2) is 46.2 Å². The van der Waals surface area contributed by atoms with Crippen LogP contribution in [0.3, 0.4) is 0 Å². The Hall–Kier alpha value is -1.69. The van der Waals surface area contributed by atoms with Crippen molar-refractivity contribution >= 4 is 5.97 Å². The second-order valence-corrected chi connectivity index (χ2v) is 6.36. The number of hydrogen-bond acceptors (Lipinski definition) is 5. The van der Waals surface area contributed by atoms with Crippen molar-refractivity contribution in [2.75, 3.05) is 6.61 Å². The molecule has 3 unspecified atom stereocenters. The number of allylic oxidation sites excluding steroid dienone is 6. The van der Waals surface area contributed by atoms with Crippen molar-refractivity contribution in [3.8, 4) is 0 Å². The van der Waals surface area contributed by atoms with Gasteiger partial charge in [0.15, 0.2) is 0 Å². The molecule has 0 aromatic rings. The van der Waals surface area contributed by atoms with Gasteiger partial charge in [0, 0.05) is 6.42 Å². The number of aliphatic hydroxyl groups excluding tert-OH is 3. The predicted molar refractivity (Wildman–Crippen MR) is 109 cm³/mol. The van der Waals surface area contributed by atoms with Gasteiger partial charge in [0.05, 0.1) is 24.9 Å². The van der Waals surface area contributed by atoms with Crippen molar-refractivity contribution in [3.05, 3.63) is 48.6 Å². The van der Waals surface area contributed by atoms with E-state index in [4.69, 9.17) is 4.74 Å². The fraction of sp³-hybridized carbons (Fsp3) is 0.591. The number of esters is 1. The number of rotatable bonds is 15. The molecule has 0 aromatic carbocycles. The first-order chi connectivity index (χ1) is 13.0. The Kier molecular flexibility index (Phi) is 16.6. The van der Waals surface area contributed by atoms with Crippen LogP contribution >= 0.6 is 0 Å². The number of carbonyl (C=O) groups is 1. The average Bonchev–Trinajstić information content (AvgIpc) is 2.64. The van der Waals surface area contributed by atoms with E-state index in [1.807, 2.05) is 18.2 Å². The lowest BCUT2D eigenvalue weighted by atomic mass is 10.1. The first-order valence-corrected chi connectivity index (χ1v) is 9.89. The molecule has 0 spiro atoms. The summed E-state index contributed by atoms with van der Waals surface area (Å²) in [6.45, 7) is 4.23. The molecule has 0 aliphatic heterocycles. The van der Waals surface area contributed by atoms with E-state index in [-0.39, 0.29) is 12.4 Å². The van der Waals surface area contributed by atoms with Gasteiger partial charge in [-0.05, 0) is 26.2 Å². The lowest BCUT2D eigenvalue weighted by molar-refractivity contribution is -0.143. The maximum absolute atomic E-state index is 11.2. The highest BCUT2D eigenvalue weighted by molar-refractivity contribution is 5.69. The highest BCUT2D eigenvalue weighted by Crippen LogP contribution is 2.07. The van der Waals surface area contributed by atoms with Crippen LogP contribution in [-0.2, 0) is 9.53 Å². The van der Waals surface area contributed by atoms with Gasteiger partial charge in [0.1, 0.15) is 0 Å². The lowest BCUT2D eigenvalue weighted by Gasteiger charge is -2.13. The van der Waals surface area contributed by atoms with Gasteiger partial charge in [0.25, 0.3) is 0 Å². The van der Waals surface area contributed by atoms with Gasteiger partial charge in [-0.2, -0.15) is 0 Å². The van der Waals surface area contributed by atoms with E-state index in [2.05, 4.69) is 6.92 Å². The van der Waals surface area contributed by atoms with Crippen molar-refractivity contribution in [3.63, 3.8) is 0 Å². The normalized spacial score (nSPS) is 15.9. The Morgan fingerprint density at radius 3 is 2.11 bits per heavy atom. The number of unbranched alkanes of at least 4 members (excludes halogenated alkanes) is 2. The Balaban J connectivity index is 3.98. The maximum atomic E-state index is 11.2. The van der Waals surface area contributed by atoms with E-state index in [1.54, 1.807) is 31.2 Å². The summed E-state index contributed by atoms with van der Waals surface area (Å²) >= 11 is 0. The summed E-state index contributed by atoms with van der Waals surface area (Å²) in [7, 11) is 0. The van der Waals surface area contributed by atoms with Gasteiger partial charge in [-0.3, -0.25) is 4.79 Å².